The lowest BCUT2D eigenvalue weighted by atomic mass is 10.3. The van der Waals surface area contributed by atoms with Crippen LogP contribution in [0.4, 0.5) is 0 Å². The van der Waals surface area contributed by atoms with E-state index in [4.69, 9.17) is 5.73 Å². The zero-order valence-corrected chi connectivity index (χ0v) is 3.96. The summed E-state index contributed by atoms with van der Waals surface area (Å²) in [5.74, 6) is 0.676. The van der Waals surface area contributed by atoms with E-state index < -0.39 is 0 Å². The van der Waals surface area contributed by atoms with Gasteiger partial charge in [-0.25, -0.2) is 0 Å². The van der Waals surface area contributed by atoms with E-state index in [1.807, 2.05) is 0 Å². The van der Waals surface area contributed by atoms with E-state index in [2.05, 4.69) is 18.2 Å². The maximum absolute atomic E-state index is 5.56. The van der Waals surface area contributed by atoms with Gasteiger partial charge in [-0.15, -0.1) is 0 Å². The highest BCUT2D eigenvalue weighted by Gasteiger charge is 2.30. The second-order valence-electron chi connectivity index (χ2n) is 2.10. The fourth-order valence-corrected chi connectivity index (χ4v) is 1.01. The summed E-state index contributed by atoms with van der Waals surface area (Å²) in [5.41, 5.74) is 6.98. The summed E-state index contributed by atoms with van der Waals surface area (Å²) in [7, 11) is 0. The number of allylic oxidation sites excluding steroid dienone is 2. The van der Waals surface area contributed by atoms with Crippen LogP contribution in [0.2, 0.25) is 0 Å². The molecule has 0 bridgehead atoms. The van der Waals surface area contributed by atoms with Crippen molar-refractivity contribution in [1.82, 2.24) is 0 Å². The molecule has 36 valence electrons. The normalized spacial score (nSPS) is 43.3. The molecule has 2 aliphatic carbocycles. The predicted octanol–water partition coefficient (Wildman–Crippen LogP) is 0.440. The standard InChI is InChI=1S/C6H7N/c7-6-2-1-4-3-5(4)6/h1-4,6H,7H2. The first-order chi connectivity index (χ1) is 3.38. The second kappa shape index (κ2) is 0.819. The highest BCUT2D eigenvalue weighted by Crippen LogP contribution is 2.37. The summed E-state index contributed by atoms with van der Waals surface area (Å²) in [6, 6.07) is 0.269. The van der Waals surface area contributed by atoms with Crippen LogP contribution < -0.4 is 5.73 Å². The number of hydrogen-bond donors (Lipinski definition) is 1. The van der Waals surface area contributed by atoms with Crippen molar-refractivity contribution >= 4 is 0 Å². The molecule has 0 saturated heterocycles. The molecule has 0 aromatic heterocycles. The van der Waals surface area contributed by atoms with Gasteiger partial charge < -0.3 is 5.73 Å². The zero-order valence-electron chi connectivity index (χ0n) is 3.96. The maximum atomic E-state index is 5.56. The Hall–Kier alpha value is -0.560. The maximum Gasteiger partial charge on any atom is 0.0449 e. The predicted molar refractivity (Wildman–Crippen MR) is 28.7 cm³/mol. The Balaban J connectivity index is 2.31. The summed E-state index contributed by atoms with van der Waals surface area (Å²) < 4.78 is 0. The van der Waals surface area contributed by atoms with Crippen molar-refractivity contribution in [1.29, 1.82) is 0 Å². The quantitative estimate of drug-likeness (QED) is 0.432. The number of hydrogen-bond acceptors (Lipinski definition) is 1. The SMILES string of the molecule is NC1C=CC2C=C12. The van der Waals surface area contributed by atoms with Crippen LogP contribution in [0.3, 0.4) is 0 Å². The third-order valence-corrected chi connectivity index (χ3v) is 1.56. The van der Waals surface area contributed by atoms with Gasteiger partial charge in [0, 0.05) is 12.0 Å². The van der Waals surface area contributed by atoms with E-state index in [0.29, 0.717) is 5.92 Å². The van der Waals surface area contributed by atoms with Crippen molar-refractivity contribution < 1.29 is 0 Å². The van der Waals surface area contributed by atoms with Gasteiger partial charge in [0.1, 0.15) is 0 Å². The zero-order chi connectivity index (χ0) is 4.85. The van der Waals surface area contributed by atoms with E-state index in [-0.39, 0.29) is 6.04 Å². The van der Waals surface area contributed by atoms with Crippen molar-refractivity contribution in [2.75, 3.05) is 0 Å². The summed E-state index contributed by atoms with van der Waals surface area (Å²) in [5, 5.41) is 0. The van der Waals surface area contributed by atoms with Gasteiger partial charge in [0.05, 0.1) is 0 Å². The van der Waals surface area contributed by atoms with Gasteiger partial charge in [0.15, 0.2) is 0 Å². The highest BCUT2D eigenvalue weighted by atomic mass is 14.7. The molecule has 0 aromatic carbocycles. The molecule has 2 unspecified atom stereocenters. The van der Waals surface area contributed by atoms with Crippen LogP contribution in [0.1, 0.15) is 0 Å². The number of rotatable bonds is 0. The van der Waals surface area contributed by atoms with Crippen molar-refractivity contribution in [2.24, 2.45) is 11.7 Å². The van der Waals surface area contributed by atoms with Gasteiger partial charge in [0.2, 0.25) is 0 Å². The van der Waals surface area contributed by atoms with Crippen LogP contribution >= 0.6 is 0 Å². The van der Waals surface area contributed by atoms with E-state index >= 15 is 0 Å². The smallest absolute Gasteiger partial charge is 0.0449 e. The monoisotopic (exact) mass is 93.1 g/mol. The van der Waals surface area contributed by atoms with E-state index in [9.17, 15) is 0 Å². The summed E-state index contributed by atoms with van der Waals surface area (Å²) >= 11 is 0. The fraction of sp³-hybridized carbons (Fsp3) is 0.333. The average Bonchev–Trinajstić information content (AvgIpc) is 2.33. The summed E-state index contributed by atoms with van der Waals surface area (Å²) in [6.45, 7) is 0. The number of nitrogens with two attached hydrogens (primary N) is 1. The largest absolute Gasteiger partial charge is 0.321 e. The third kappa shape index (κ3) is 0.309. The molecule has 0 amide bonds. The molecule has 2 aliphatic rings. The van der Waals surface area contributed by atoms with Crippen LogP contribution in [0.15, 0.2) is 23.8 Å². The molecule has 7 heavy (non-hydrogen) atoms. The minimum absolute atomic E-state index is 0.269. The van der Waals surface area contributed by atoms with Gasteiger partial charge in [-0.3, -0.25) is 0 Å². The lowest BCUT2D eigenvalue weighted by Crippen LogP contribution is -2.12. The lowest BCUT2D eigenvalue weighted by molar-refractivity contribution is 0.992. The Morgan fingerprint density at radius 2 is 2.29 bits per heavy atom. The van der Waals surface area contributed by atoms with Crippen molar-refractivity contribution in [3.05, 3.63) is 23.8 Å². The third-order valence-electron chi connectivity index (χ3n) is 1.56. The minimum Gasteiger partial charge on any atom is -0.321 e. The average molecular weight is 93.1 g/mol. The molecule has 2 rings (SSSR count). The summed E-state index contributed by atoms with van der Waals surface area (Å²) in [4.78, 5) is 0. The molecule has 0 spiro atoms. The lowest BCUT2D eigenvalue weighted by Gasteiger charge is -1.90. The first kappa shape index (κ1) is 3.44. The Labute approximate surface area is 42.5 Å². The van der Waals surface area contributed by atoms with Crippen molar-refractivity contribution in [2.45, 2.75) is 6.04 Å². The first-order valence-corrected chi connectivity index (χ1v) is 2.53. The molecule has 1 nitrogen and oxygen atoms in total. The Kier molecular flexibility index (Phi) is 0.403. The molecule has 0 aromatic rings. The molecule has 0 heterocycles. The van der Waals surface area contributed by atoms with Gasteiger partial charge in [-0.1, -0.05) is 18.2 Å². The van der Waals surface area contributed by atoms with E-state index in [0.717, 1.165) is 0 Å². The van der Waals surface area contributed by atoms with Gasteiger partial charge in [-0.2, -0.15) is 0 Å². The van der Waals surface area contributed by atoms with Crippen molar-refractivity contribution in [3.8, 4) is 0 Å². The molecular weight excluding hydrogens is 86.1 g/mol. The van der Waals surface area contributed by atoms with Crippen LogP contribution in [0.5, 0.6) is 0 Å². The van der Waals surface area contributed by atoms with Gasteiger partial charge in [0.25, 0.3) is 0 Å². The Bertz CT molecular complexity index is 156. The second-order valence-corrected chi connectivity index (χ2v) is 2.10. The molecule has 0 radical (unpaired) electrons. The summed E-state index contributed by atoms with van der Waals surface area (Å²) in [6.07, 6.45) is 6.41. The van der Waals surface area contributed by atoms with Crippen LogP contribution in [-0.4, -0.2) is 6.04 Å². The van der Waals surface area contributed by atoms with Crippen LogP contribution in [0.25, 0.3) is 0 Å². The van der Waals surface area contributed by atoms with Crippen LogP contribution in [0, 0.1) is 5.92 Å². The van der Waals surface area contributed by atoms with E-state index in [1.54, 1.807) is 0 Å². The molecule has 2 atom stereocenters. The van der Waals surface area contributed by atoms with Gasteiger partial charge >= 0.3 is 0 Å². The fourth-order valence-electron chi connectivity index (χ4n) is 1.01. The molecule has 0 saturated carbocycles. The molecule has 0 fully saturated rings. The minimum atomic E-state index is 0.269. The molecular formula is C6H7N. The molecule has 2 N–H and O–H groups in total. The first-order valence-electron chi connectivity index (χ1n) is 2.53. The molecule has 1 heteroatoms. The van der Waals surface area contributed by atoms with E-state index in [1.165, 1.54) is 5.57 Å². The Morgan fingerprint density at radius 1 is 1.43 bits per heavy atom. The van der Waals surface area contributed by atoms with Gasteiger partial charge in [-0.05, 0) is 5.57 Å². The molecule has 0 aliphatic heterocycles. The number of fused-ring (bicyclic) bond motifs is 1. The highest BCUT2D eigenvalue weighted by molar-refractivity contribution is 5.47. The topological polar surface area (TPSA) is 26.0 Å². The van der Waals surface area contributed by atoms with Crippen LogP contribution in [-0.2, 0) is 0 Å². The Morgan fingerprint density at radius 3 is 2.43 bits per heavy atom. The van der Waals surface area contributed by atoms with Crippen molar-refractivity contribution in [3.63, 3.8) is 0 Å².